The Morgan fingerprint density at radius 1 is 1.02 bits per heavy atom. The third kappa shape index (κ3) is 5.74. The molecule has 0 radical (unpaired) electrons. The molecule has 4 heterocycles. The van der Waals surface area contributed by atoms with Crippen LogP contribution in [0.4, 0.5) is 44.8 Å². The molecule has 0 spiro atoms. The number of fused-ring (bicyclic) bond motifs is 1. The number of rotatable bonds is 6. The molecule has 1 fully saturated rings. The second-order valence-corrected chi connectivity index (χ2v) is 10.5. The molecule has 1 amide bonds. The van der Waals surface area contributed by atoms with Crippen molar-refractivity contribution >= 4 is 40.0 Å². The second-order valence-electron chi connectivity index (χ2n) is 10.5. The molecule has 0 saturated carbocycles. The maximum absolute atomic E-state index is 15.7. The molecule has 3 aromatic heterocycles. The second kappa shape index (κ2) is 11.5. The molecule has 1 aliphatic heterocycles. The predicted octanol–water partition coefficient (Wildman–Crippen LogP) is 6.94. The van der Waals surface area contributed by atoms with E-state index in [0.717, 1.165) is 31.0 Å². The van der Waals surface area contributed by atoms with Gasteiger partial charge in [0.1, 0.15) is 34.9 Å². The van der Waals surface area contributed by atoms with Crippen LogP contribution >= 0.6 is 0 Å². The van der Waals surface area contributed by atoms with Crippen molar-refractivity contribution in [3.05, 3.63) is 84.1 Å². The van der Waals surface area contributed by atoms with Crippen LogP contribution in [0.3, 0.4) is 0 Å². The van der Waals surface area contributed by atoms with Crippen LogP contribution in [-0.4, -0.2) is 43.9 Å². The molecule has 44 heavy (non-hydrogen) atoms. The van der Waals surface area contributed by atoms with Gasteiger partial charge in [-0.25, -0.2) is 28.7 Å². The first-order valence-electron chi connectivity index (χ1n) is 13.7. The highest BCUT2D eigenvalue weighted by Crippen LogP contribution is 2.36. The number of amides is 1. The normalized spacial score (nSPS) is 14.2. The standard InChI is InChI=1S/C30H25F5N8O/c1-16-6-9-43(10-7-16)19-12-17(11-18(13-19)30(33,34)35)29(44)41-22-5-4-21(31)25(23(22)32)42-27-20(3-2-8-36-27)24-26-28(39-14-37-24)40-15-38-26/h2-5,8,11-16H,6-7,9-10H2,1H3,(H,36,42)(H,41,44)(H,37,38,39,40). The number of halogens is 5. The number of hydrogen-bond acceptors (Lipinski definition) is 7. The van der Waals surface area contributed by atoms with Gasteiger partial charge in [-0.15, -0.1) is 0 Å². The maximum Gasteiger partial charge on any atom is 0.416 e. The number of nitrogens with one attached hydrogen (secondary N) is 3. The third-order valence-electron chi connectivity index (χ3n) is 7.52. The average Bonchev–Trinajstić information content (AvgIpc) is 3.50. The Balaban J connectivity index is 1.31. The summed E-state index contributed by atoms with van der Waals surface area (Å²) in [6.45, 7) is 3.16. The SMILES string of the molecule is CC1CCN(c2cc(C(=O)Nc3ccc(F)c(Nc4ncccc4-c4ncnc5nc[nH]c45)c3F)cc(C(F)(F)F)c2)CC1. The van der Waals surface area contributed by atoms with Gasteiger partial charge in [-0.2, -0.15) is 13.2 Å². The molecule has 5 aromatic rings. The monoisotopic (exact) mass is 608 g/mol. The summed E-state index contributed by atoms with van der Waals surface area (Å²) in [6.07, 6.45) is 1.02. The molecule has 6 rings (SSSR count). The summed E-state index contributed by atoms with van der Waals surface area (Å²) in [7, 11) is 0. The van der Waals surface area contributed by atoms with Crippen LogP contribution in [0.5, 0.6) is 0 Å². The molecule has 1 saturated heterocycles. The van der Waals surface area contributed by atoms with Crippen LogP contribution in [-0.2, 0) is 6.18 Å². The quantitative estimate of drug-likeness (QED) is 0.179. The molecule has 2 aromatic carbocycles. The van der Waals surface area contributed by atoms with E-state index < -0.39 is 40.7 Å². The molecule has 0 aliphatic carbocycles. The van der Waals surface area contributed by atoms with Crippen LogP contribution in [0.1, 0.15) is 35.7 Å². The molecule has 226 valence electrons. The van der Waals surface area contributed by atoms with Gasteiger partial charge in [0.25, 0.3) is 5.91 Å². The smallest absolute Gasteiger partial charge is 0.371 e. The number of aromatic amines is 1. The van der Waals surface area contributed by atoms with E-state index in [2.05, 4.69) is 42.5 Å². The number of carbonyl (C=O) groups excluding carboxylic acids is 1. The van der Waals surface area contributed by atoms with Crippen LogP contribution in [0, 0.1) is 17.6 Å². The van der Waals surface area contributed by atoms with E-state index in [1.54, 1.807) is 17.0 Å². The minimum atomic E-state index is -4.71. The highest BCUT2D eigenvalue weighted by molar-refractivity contribution is 6.05. The van der Waals surface area contributed by atoms with Gasteiger partial charge in [-0.05, 0) is 61.2 Å². The van der Waals surface area contributed by atoms with Crippen molar-refractivity contribution in [2.75, 3.05) is 28.6 Å². The molecular formula is C30H25F5N8O. The minimum Gasteiger partial charge on any atom is -0.371 e. The lowest BCUT2D eigenvalue weighted by atomic mass is 9.98. The summed E-state index contributed by atoms with van der Waals surface area (Å²) in [5, 5.41) is 4.94. The van der Waals surface area contributed by atoms with E-state index in [4.69, 9.17) is 0 Å². The first kappa shape index (κ1) is 29.0. The van der Waals surface area contributed by atoms with Crippen molar-refractivity contribution in [1.82, 2.24) is 24.9 Å². The van der Waals surface area contributed by atoms with Crippen molar-refractivity contribution in [2.24, 2.45) is 5.92 Å². The topological polar surface area (TPSA) is 112 Å². The number of pyridine rings is 1. The van der Waals surface area contributed by atoms with E-state index in [9.17, 15) is 22.4 Å². The van der Waals surface area contributed by atoms with Crippen molar-refractivity contribution < 1.29 is 26.7 Å². The van der Waals surface area contributed by atoms with Crippen molar-refractivity contribution in [3.8, 4) is 11.3 Å². The lowest BCUT2D eigenvalue weighted by molar-refractivity contribution is -0.137. The number of anilines is 4. The Labute approximate surface area is 247 Å². The molecule has 0 bridgehead atoms. The van der Waals surface area contributed by atoms with Crippen LogP contribution < -0.4 is 15.5 Å². The van der Waals surface area contributed by atoms with Crippen molar-refractivity contribution in [1.29, 1.82) is 0 Å². The molecule has 0 unspecified atom stereocenters. The van der Waals surface area contributed by atoms with Gasteiger partial charge in [0, 0.05) is 36.1 Å². The third-order valence-corrected chi connectivity index (χ3v) is 7.52. The largest absolute Gasteiger partial charge is 0.416 e. The summed E-state index contributed by atoms with van der Waals surface area (Å²) in [6, 6.07) is 8.23. The zero-order valence-corrected chi connectivity index (χ0v) is 23.2. The van der Waals surface area contributed by atoms with Gasteiger partial charge < -0.3 is 20.5 Å². The fourth-order valence-corrected chi connectivity index (χ4v) is 5.10. The summed E-state index contributed by atoms with van der Waals surface area (Å²) >= 11 is 0. The Bertz CT molecular complexity index is 1850. The molecule has 9 nitrogen and oxygen atoms in total. The Morgan fingerprint density at radius 3 is 2.59 bits per heavy atom. The lowest BCUT2D eigenvalue weighted by Crippen LogP contribution is -2.33. The van der Waals surface area contributed by atoms with Gasteiger partial charge >= 0.3 is 6.18 Å². The number of aromatic nitrogens is 5. The lowest BCUT2D eigenvalue weighted by Gasteiger charge is -2.32. The number of benzene rings is 2. The van der Waals surface area contributed by atoms with E-state index in [1.807, 2.05) is 0 Å². The van der Waals surface area contributed by atoms with Crippen molar-refractivity contribution in [2.45, 2.75) is 25.9 Å². The summed E-state index contributed by atoms with van der Waals surface area (Å²) in [5.41, 5.74) is -0.546. The van der Waals surface area contributed by atoms with Crippen LogP contribution in [0.15, 0.2) is 61.3 Å². The highest BCUT2D eigenvalue weighted by Gasteiger charge is 2.33. The number of alkyl halides is 3. The summed E-state index contributed by atoms with van der Waals surface area (Å²) < 4.78 is 72.0. The first-order valence-corrected chi connectivity index (χ1v) is 13.7. The highest BCUT2D eigenvalue weighted by atomic mass is 19.4. The predicted molar refractivity (Wildman–Crippen MR) is 155 cm³/mol. The van der Waals surface area contributed by atoms with Gasteiger partial charge in [-0.3, -0.25) is 4.79 Å². The van der Waals surface area contributed by atoms with E-state index in [0.29, 0.717) is 47.5 Å². The molecular weight excluding hydrogens is 583 g/mol. The zero-order valence-electron chi connectivity index (χ0n) is 23.2. The van der Waals surface area contributed by atoms with Crippen LogP contribution in [0.2, 0.25) is 0 Å². The van der Waals surface area contributed by atoms with Crippen molar-refractivity contribution in [3.63, 3.8) is 0 Å². The fourth-order valence-electron chi connectivity index (χ4n) is 5.10. The number of piperidine rings is 1. The Kier molecular flexibility index (Phi) is 7.57. The molecule has 0 atom stereocenters. The number of H-pyrrole nitrogens is 1. The molecule has 1 aliphatic rings. The maximum atomic E-state index is 15.7. The first-order chi connectivity index (χ1) is 21.1. The average molecular weight is 609 g/mol. The fraction of sp³-hybridized carbons (Fsp3) is 0.233. The molecule has 14 heteroatoms. The summed E-state index contributed by atoms with van der Waals surface area (Å²) in [5.74, 6) is -2.67. The van der Waals surface area contributed by atoms with Gasteiger partial charge in [-0.1, -0.05) is 6.92 Å². The molecule has 3 N–H and O–H groups in total. The number of carbonyl (C=O) groups is 1. The number of hydrogen-bond donors (Lipinski definition) is 3. The van der Waals surface area contributed by atoms with E-state index >= 15 is 4.39 Å². The van der Waals surface area contributed by atoms with E-state index in [1.165, 1.54) is 24.9 Å². The van der Waals surface area contributed by atoms with Gasteiger partial charge in [0.15, 0.2) is 11.5 Å². The van der Waals surface area contributed by atoms with E-state index in [-0.39, 0.29) is 17.1 Å². The number of imidazole rings is 1. The van der Waals surface area contributed by atoms with Gasteiger partial charge in [0.2, 0.25) is 0 Å². The van der Waals surface area contributed by atoms with Gasteiger partial charge in [0.05, 0.1) is 17.6 Å². The summed E-state index contributed by atoms with van der Waals surface area (Å²) in [4.78, 5) is 34.6. The number of nitrogens with zero attached hydrogens (tertiary/aromatic N) is 5. The van der Waals surface area contributed by atoms with Crippen LogP contribution in [0.25, 0.3) is 22.4 Å². The Morgan fingerprint density at radius 2 is 1.82 bits per heavy atom. The Hall–Kier alpha value is -5.14. The zero-order chi connectivity index (χ0) is 31.0. The minimum absolute atomic E-state index is 0.0433.